The molecule has 0 bridgehead atoms. The van der Waals surface area contributed by atoms with Gasteiger partial charge in [0.05, 0.1) is 27.8 Å². The number of hydrogen-bond acceptors (Lipinski definition) is 0. The number of hydrogen-bond donors (Lipinski definition) is 0. The molecule has 0 aliphatic heterocycles. The number of nitrogens with zero attached hydrogens (tertiary/aromatic N) is 2. The third kappa shape index (κ3) is 4.59. The van der Waals surface area contributed by atoms with E-state index in [4.69, 9.17) is 0 Å². The van der Waals surface area contributed by atoms with Crippen molar-refractivity contribution in [1.82, 2.24) is 9.13 Å². The van der Waals surface area contributed by atoms with E-state index in [9.17, 15) is 0 Å². The number of benzene rings is 9. The maximum Gasteiger partial charge on any atom is 0.0622 e. The van der Waals surface area contributed by atoms with Crippen LogP contribution in [0, 0.1) is 0 Å². The van der Waals surface area contributed by atoms with E-state index in [1.54, 1.807) is 0 Å². The molecule has 0 saturated carbocycles. The van der Waals surface area contributed by atoms with Gasteiger partial charge in [-0.3, -0.25) is 0 Å². The van der Waals surface area contributed by atoms with E-state index in [1.807, 2.05) is 0 Å². The van der Waals surface area contributed by atoms with Gasteiger partial charge in [-0.15, -0.1) is 0 Å². The standard InChI is InChI=1S/C55H38N2/c1-55(2)47-20-10-8-19-44(47)53-48(55)30-29-43-46-34-39(25-31-51(46)56(54(43)53)40-27-23-36(24-28-40)35-13-4-3-5-14-35)38-26-32-52-45(33-38)42-18-9-11-21-50(42)57(52)49-22-12-16-37-15-6-7-17-41(37)49/h3-34H,1-2H3. The van der Waals surface area contributed by atoms with Crippen LogP contribution in [0.25, 0.3) is 99.1 Å². The van der Waals surface area contributed by atoms with Crippen LogP contribution in [0.3, 0.4) is 0 Å². The first kappa shape index (κ1) is 32.1. The SMILES string of the molecule is CC1(C)c2ccccc2-c2c1ccc1c3cc(-c4ccc5c(c4)c4ccccc4n5-c4cccc5ccccc45)ccc3n(-c3ccc(-c4ccccc4)cc3)c21. The molecule has 2 nitrogen and oxygen atoms in total. The second-order valence-electron chi connectivity index (χ2n) is 16.1. The fourth-order valence-corrected chi connectivity index (χ4v) is 9.99. The Morgan fingerprint density at radius 3 is 1.77 bits per heavy atom. The van der Waals surface area contributed by atoms with Gasteiger partial charge in [-0.2, -0.15) is 0 Å². The molecule has 9 aromatic carbocycles. The highest BCUT2D eigenvalue weighted by Gasteiger charge is 2.37. The molecule has 57 heavy (non-hydrogen) atoms. The lowest BCUT2D eigenvalue weighted by Crippen LogP contribution is -2.14. The molecule has 0 radical (unpaired) electrons. The maximum absolute atomic E-state index is 2.52. The number of rotatable bonds is 4. The number of fused-ring (bicyclic) bond motifs is 11. The molecule has 0 N–H and O–H groups in total. The van der Waals surface area contributed by atoms with Crippen molar-refractivity contribution >= 4 is 54.4 Å². The van der Waals surface area contributed by atoms with Crippen LogP contribution in [0.15, 0.2) is 194 Å². The summed E-state index contributed by atoms with van der Waals surface area (Å²) in [6, 6.07) is 71.8. The van der Waals surface area contributed by atoms with E-state index in [1.165, 1.54) is 110 Å². The summed E-state index contributed by atoms with van der Waals surface area (Å²) in [7, 11) is 0. The number of para-hydroxylation sites is 1. The predicted molar refractivity (Wildman–Crippen MR) is 241 cm³/mol. The largest absolute Gasteiger partial charge is 0.309 e. The minimum atomic E-state index is -0.0929. The molecule has 0 atom stereocenters. The summed E-state index contributed by atoms with van der Waals surface area (Å²) in [6.45, 7) is 4.74. The Balaban J connectivity index is 1.09. The predicted octanol–water partition coefficient (Wildman–Crippen LogP) is 14.7. The summed E-state index contributed by atoms with van der Waals surface area (Å²) >= 11 is 0. The molecule has 2 heteroatoms. The average Bonchev–Trinajstić information content (AvgIpc) is 3.86. The Kier molecular flexibility index (Phi) is 6.72. The van der Waals surface area contributed by atoms with Gasteiger partial charge in [0.15, 0.2) is 0 Å². The highest BCUT2D eigenvalue weighted by Crippen LogP contribution is 2.53. The van der Waals surface area contributed by atoms with Crippen LogP contribution in [-0.2, 0) is 5.41 Å². The zero-order valence-corrected chi connectivity index (χ0v) is 31.9. The van der Waals surface area contributed by atoms with Crippen molar-refractivity contribution < 1.29 is 0 Å². The summed E-state index contributed by atoms with van der Waals surface area (Å²) < 4.78 is 4.96. The third-order valence-corrected chi connectivity index (χ3v) is 12.7. The van der Waals surface area contributed by atoms with Gasteiger partial charge in [0, 0.05) is 43.6 Å². The van der Waals surface area contributed by atoms with Gasteiger partial charge in [-0.05, 0) is 92.9 Å². The molecule has 0 saturated heterocycles. The van der Waals surface area contributed by atoms with Crippen molar-refractivity contribution in [3.63, 3.8) is 0 Å². The van der Waals surface area contributed by atoms with Crippen molar-refractivity contribution in [3.8, 4) is 44.8 Å². The molecule has 0 unspecified atom stereocenters. The lowest BCUT2D eigenvalue weighted by molar-refractivity contribution is 0.661. The van der Waals surface area contributed by atoms with Gasteiger partial charge < -0.3 is 9.13 Å². The van der Waals surface area contributed by atoms with E-state index >= 15 is 0 Å². The van der Waals surface area contributed by atoms with Crippen molar-refractivity contribution in [2.75, 3.05) is 0 Å². The van der Waals surface area contributed by atoms with E-state index in [-0.39, 0.29) is 5.41 Å². The zero-order valence-electron chi connectivity index (χ0n) is 31.9. The molecule has 0 fully saturated rings. The lowest BCUT2D eigenvalue weighted by atomic mass is 9.82. The van der Waals surface area contributed by atoms with E-state index in [0.717, 1.165) is 0 Å². The molecule has 12 rings (SSSR count). The Hall–Kier alpha value is -7.16. The van der Waals surface area contributed by atoms with E-state index < -0.39 is 0 Å². The molecule has 11 aromatic rings. The molecular weight excluding hydrogens is 689 g/mol. The molecule has 2 heterocycles. The van der Waals surface area contributed by atoms with Crippen LogP contribution < -0.4 is 0 Å². The Bertz CT molecular complexity index is 3410. The van der Waals surface area contributed by atoms with Gasteiger partial charge in [0.25, 0.3) is 0 Å². The fourth-order valence-electron chi connectivity index (χ4n) is 9.99. The minimum absolute atomic E-state index is 0.0929. The first-order valence-electron chi connectivity index (χ1n) is 19.9. The zero-order chi connectivity index (χ0) is 37.8. The second-order valence-corrected chi connectivity index (χ2v) is 16.1. The van der Waals surface area contributed by atoms with Crippen molar-refractivity contribution in [1.29, 1.82) is 0 Å². The van der Waals surface area contributed by atoms with Crippen LogP contribution in [0.1, 0.15) is 25.0 Å². The molecule has 0 amide bonds. The lowest BCUT2D eigenvalue weighted by Gasteiger charge is -2.21. The van der Waals surface area contributed by atoms with Crippen molar-refractivity contribution in [3.05, 3.63) is 205 Å². The summed E-state index contributed by atoms with van der Waals surface area (Å²) in [4.78, 5) is 0. The molecule has 0 spiro atoms. The summed E-state index contributed by atoms with van der Waals surface area (Å²) in [5, 5.41) is 7.55. The van der Waals surface area contributed by atoms with Gasteiger partial charge in [0.1, 0.15) is 0 Å². The Labute approximate surface area is 331 Å². The van der Waals surface area contributed by atoms with Crippen LogP contribution in [0.5, 0.6) is 0 Å². The Morgan fingerprint density at radius 2 is 0.965 bits per heavy atom. The van der Waals surface area contributed by atoms with Crippen molar-refractivity contribution in [2.24, 2.45) is 0 Å². The van der Waals surface area contributed by atoms with Crippen LogP contribution in [0.2, 0.25) is 0 Å². The normalized spacial score (nSPS) is 13.2. The maximum atomic E-state index is 2.52. The summed E-state index contributed by atoms with van der Waals surface area (Å²) in [6.07, 6.45) is 0. The molecule has 2 aromatic heterocycles. The van der Waals surface area contributed by atoms with Gasteiger partial charge in [-0.25, -0.2) is 0 Å². The molecule has 1 aliphatic rings. The average molecular weight is 727 g/mol. The summed E-state index contributed by atoms with van der Waals surface area (Å²) in [5.41, 5.74) is 17.5. The minimum Gasteiger partial charge on any atom is -0.309 e. The quantitative estimate of drug-likeness (QED) is 0.171. The van der Waals surface area contributed by atoms with Crippen LogP contribution in [-0.4, -0.2) is 9.13 Å². The summed E-state index contributed by atoms with van der Waals surface area (Å²) in [5.74, 6) is 0. The smallest absolute Gasteiger partial charge is 0.0622 e. The molecular formula is C55H38N2. The monoisotopic (exact) mass is 726 g/mol. The molecule has 1 aliphatic carbocycles. The Morgan fingerprint density at radius 1 is 0.368 bits per heavy atom. The first-order chi connectivity index (χ1) is 28.0. The van der Waals surface area contributed by atoms with Crippen LogP contribution >= 0.6 is 0 Å². The van der Waals surface area contributed by atoms with Gasteiger partial charge >= 0.3 is 0 Å². The third-order valence-electron chi connectivity index (χ3n) is 12.7. The highest BCUT2D eigenvalue weighted by atomic mass is 15.0. The van der Waals surface area contributed by atoms with Gasteiger partial charge in [0.2, 0.25) is 0 Å². The molecule has 268 valence electrons. The fraction of sp³-hybridized carbons (Fsp3) is 0.0545. The van der Waals surface area contributed by atoms with Crippen molar-refractivity contribution in [2.45, 2.75) is 19.3 Å². The first-order valence-corrected chi connectivity index (χ1v) is 19.9. The topological polar surface area (TPSA) is 9.86 Å². The van der Waals surface area contributed by atoms with E-state index in [2.05, 4.69) is 217 Å². The number of aromatic nitrogens is 2. The van der Waals surface area contributed by atoms with Crippen LogP contribution in [0.4, 0.5) is 0 Å². The van der Waals surface area contributed by atoms with E-state index in [0.29, 0.717) is 0 Å². The highest BCUT2D eigenvalue weighted by molar-refractivity contribution is 6.17. The second kappa shape index (κ2) is 11.9. The van der Waals surface area contributed by atoms with Gasteiger partial charge in [-0.1, -0.05) is 159 Å².